The van der Waals surface area contributed by atoms with Gasteiger partial charge in [-0.15, -0.1) is 10.2 Å². The molecule has 4 rings (SSSR count). The van der Waals surface area contributed by atoms with Gasteiger partial charge in [0.1, 0.15) is 0 Å². The molecule has 0 fully saturated rings. The van der Waals surface area contributed by atoms with Crippen molar-refractivity contribution in [3.8, 4) is 23.2 Å². The van der Waals surface area contributed by atoms with Gasteiger partial charge in [-0.05, 0) is 24.1 Å². The van der Waals surface area contributed by atoms with Gasteiger partial charge in [0.2, 0.25) is 23.2 Å². The molecule has 0 spiro atoms. The van der Waals surface area contributed by atoms with Crippen LogP contribution in [0.1, 0.15) is 44.5 Å². The lowest BCUT2D eigenvalue weighted by Gasteiger charge is -2.30. The van der Waals surface area contributed by atoms with E-state index in [0.29, 0.717) is 40.3 Å². The van der Waals surface area contributed by atoms with Gasteiger partial charge in [0.25, 0.3) is 0 Å². The van der Waals surface area contributed by atoms with Crippen LogP contribution in [0, 0.1) is 17.2 Å². The number of nitrogens with zero attached hydrogens (tertiary/aromatic N) is 5. The number of nitriles is 1. The van der Waals surface area contributed by atoms with E-state index < -0.39 is 6.23 Å². The van der Waals surface area contributed by atoms with Crippen LogP contribution in [0.2, 0.25) is 0 Å². The van der Waals surface area contributed by atoms with Gasteiger partial charge in [0.15, 0.2) is 5.69 Å². The van der Waals surface area contributed by atoms with Gasteiger partial charge in [0.05, 0.1) is 17.3 Å². The maximum Gasteiger partial charge on any atom is 0.247 e. The fourth-order valence-corrected chi connectivity index (χ4v) is 4.12. The summed E-state index contributed by atoms with van der Waals surface area (Å²) in [4.78, 5) is 19.4. The van der Waals surface area contributed by atoms with Crippen molar-refractivity contribution in [1.29, 1.82) is 5.26 Å². The molecular weight excluding hydrogens is 422 g/mol. The van der Waals surface area contributed by atoms with Gasteiger partial charge in [-0.25, -0.2) is 0 Å². The quantitative estimate of drug-likeness (QED) is 0.511. The van der Waals surface area contributed by atoms with Crippen molar-refractivity contribution in [2.45, 2.75) is 38.6 Å². The van der Waals surface area contributed by atoms with E-state index in [0.717, 1.165) is 16.9 Å². The number of amides is 1. The highest BCUT2D eigenvalue weighted by atomic mass is 32.2. The Hall–Kier alpha value is -3.44. The second kappa shape index (κ2) is 9.37. The second-order valence-electron chi connectivity index (χ2n) is 7.79. The Bertz CT molecular complexity index is 1170. The van der Waals surface area contributed by atoms with Gasteiger partial charge in [-0.2, -0.15) is 10.2 Å². The number of para-hydroxylation sites is 1. The number of benzene rings is 2. The van der Waals surface area contributed by atoms with Gasteiger partial charge in [0, 0.05) is 23.3 Å². The Balaban J connectivity index is 1.87. The molecule has 0 radical (unpaired) electrons. The molecule has 1 aliphatic heterocycles. The molecule has 0 N–H and O–H groups in total. The summed E-state index contributed by atoms with van der Waals surface area (Å²) in [6.07, 6.45) is -0.452. The van der Waals surface area contributed by atoms with E-state index in [9.17, 15) is 4.79 Å². The van der Waals surface area contributed by atoms with Crippen LogP contribution >= 0.6 is 11.8 Å². The third-order valence-electron chi connectivity index (χ3n) is 4.95. The second-order valence-corrected chi connectivity index (χ2v) is 8.78. The van der Waals surface area contributed by atoms with Crippen molar-refractivity contribution < 1.29 is 9.53 Å². The number of thioether (sulfide) groups is 1. The third-order valence-corrected chi connectivity index (χ3v) is 6.22. The number of fused-ring (bicyclic) bond motifs is 3. The molecule has 2 aromatic carbocycles. The zero-order valence-corrected chi connectivity index (χ0v) is 19.0. The number of ether oxygens (including phenoxy) is 1. The SMILES string of the molecule is CCC(=O)N1c2ccccc2-c2nnc(SCC(C)C)nc2O[C@H]1c1ccc(C#N)cc1. The van der Waals surface area contributed by atoms with Crippen LogP contribution in [0.25, 0.3) is 11.3 Å². The Morgan fingerprint density at radius 3 is 2.62 bits per heavy atom. The lowest BCUT2D eigenvalue weighted by molar-refractivity contribution is -0.120. The Morgan fingerprint density at radius 2 is 1.94 bits per heavy atom. The molecule has 1 amide bonds. The average Bonchev–Trinajstić information content (AvgIpc) is 2.96. The van der Waals surface area contributed by atoms with E-state index in [-0.39, 0.29) is 5.91 Å². The average molecular weight is 446 g/mol. The molecular formula is C24H23N5O2S. The summed E-state index contributed by atoms with van der Waals surface area (Å²) in [6, 6.07) is 16.7. The van der Waals surface area contributed by atoms with Crippen LogP contribution in [-0.2, 0) is 4.79 Å². The molecule has 0 saturated carbocycles. The van der Waals surface area contributed by atoms with Crippen molar-refractivity contribution in [1.82, 2.24) is 15.2 Å². The Labute approximate surface area is 191 Å². The summed E-state index contributed by atoms with van der Waals surface area (Å²) in [5.41, 5.74) is 3.20. The Morgan fingerprint density at radius 1 is 1.19 bits per heavy atom. The molecule has 0 aliphatic carbocycles. The molecule has 0 unspecified atom stereocenters. The predicted molar refractivity (Wildman–Crippen MR) is 123 cm³/mol. The number of carbonyl (C=O) groups excluding carboxylic acids is 1. The summed E-state index contributed by atoms with van der Waals surface area (Å²) in [7, 11) is 0. The van der Waals surface area contributed by atoms with Crippen molar-refractivity contribution >= 4 is 23.4 Å². The number of aromatic nitrogens is 3. The van der Waals surface area contributed by atoms with Crippen LogP contribution in [0.5, 0.6) is 5.88 Å². The van der Waals surface area contributed by atoms with E-state index in [1.165, 1.54) is 11.8 Å². The van der Waals surface area contributed by atoms with Crippen LogP contribution in [0.4, 0.5) is 5.69 Å². The van der Waals surface area contributed by atoms with E-state index in [1.807, 2.05) is 31.2 Å². The first-order valence-corrected chi connectivity index (χ1v) is 11.5. The van der Waals surface area contributed by atoms with Crippen LogP contribution in [0.3, 0.4) is 0 Å². The maximum absolute atomic E-state index is 13.1. The van der Waals surface area contributed by atoms with Gasteiger partial charge in [-0.1, -0.05) is 62.9 Å². The molecule has 3 aromatic rings. The van der Waals surface area contributed by atoms with E-state index in [4.69, 9.17) is 10.00 Å². The van der Waals surface area contributed by atoms with Crippen LogP contribution < -0.4 is 9.64 Å². The highest BCUT2D eigenvalue weighted by Crippen LogP contribution is 2.43. The minimum Gasteiger partial charge on any atom is -0.447 e. The van der Waals surface area contributed by atoms with Crippen LogP contribution in [-0.4, -0.2) is 26.8 Å². The monoisotopic (exact) mass is 445 g/mol. The maximum atomic E-state index is 13.1. The van der Waals surface area contributed by atoms with Gasteiger partial charge < -0.3 is 4.74 Å². The lowest BCUT2D eigenvalue weighted by atomic mass is 10.1. The summed E-state index contributed by atoms with van der Waals surface area (Å²) in [5.74, 6) is 1.57. The number of hydrogen-bond acceptors (Lipinski definition) is 7. The van der Waals surface area contributed by atoms with Crippen LogP contribution in [0.15, 0.2) is 53.7 Å². The van der Waals surface area contributed by atoms with E-state index >= 15 is 0 Å². The summed E-state index contributed by atoms with van der Waals surface area (Å²) in [5, 5.41) is 18.4. The summed E-state index contributed by atoms with van der Waals surface area (Å²) < 4.78 is 6.38. The highest BCUT2D eigenvalue weighted by Gasteiger charge is 2.35. The minimum absolute atomic E-state index is 0.0954. The molecule has 0 saturated heterocycles. The molecule has 7 nitrogen and oxygen atoms in total. The molecule has 32 heavy (non-hydrogen) atoms. The molecule has 162 valence electrons. The molecule has 1 aliphatic rings. The predicted octanol–water partition coefficient (Wildman–Crippen LogP) is 4.99. The van der Waals surface area contributed by atoms with Crippen molar-refractivity contribution in [3.63, 3.8) is 0 Å². The molecule has 1 atom stereocenters. The number of hydrogen-bond donors (Lipinski definition) is 0. The number of carbonyl (C=O) groups is 1. The van der Waals surface area contributed by atoms with Gasteiger partial charge in [-0.3, -0.25) is 9.69 Å². The zero-order valence-electron chi connectivity index (χ0n) is 18.1. The minimum atomic E-state index is -0.753. The molecule has 8 heteroatoms. The first-order valence-electron chi connectivity index (χ1n) is 10.5. The fraction of sp³-hybridized carbons (Fsp3) is 0.292. The number of rotatable bonds is 5. The lowest BCUT2D eigenvalue weighted by Crippen LogP contribution is -2.37. The fourth-order valence-electron chi connectivity index (χ4n) is 3.39. The Kier molecular flexibility index (Phi) is 6.37. The van der Waals surface area contributed by atoms with Crippen molar-refractivity contribution in [2.75, 3.05) is 10.7 Å². The smallest absolute Gasteiger partial charge is 0.247 e. The normalized spacial score (nSPS) is 14.7. The van der Waals surface area contributed by atoms with Gasteiger partial charge >= 0.3 is 0 Å². The third kappa shape index (κ3) is 4.30. The first-order chi connectivity index (χ1) is 15.5. The molecule has 0 bridgehead atoms. The zero-order chi connectivity index (χ0) is 22.7. The van der Waals surface area contributed by atoms with E-state index in [1.54, 1.807) is 29.2 Å². The summed E-state index contributed by atoms with van der Waals surface area (Å²) >= 11 is 1.52. The largest absolute Gasteiger partial charge is 0.447 e. The highest BCUT2D eigenvalue weighted by molar-refractivity contribution is 7.99. The van der Waals surface area contributed by atoms with E-state index in [2.05, 4.69) is 35.1 Å². The molecule has 1 aromatic heterocycles. The topological polar surface area (TPSA) is 92.0 Å². The molecule has 2 heterocycles. The van der Waals surface area contributed by atoms with Crippen molar-refractivity contribution in [3.05, 3.63) is 59.7 Å². The van der Waals surface area contributed by atoms with Crippen molar-refractivity contribution in [2.24, 2.45) is 5.92 Å². The first kappa shape index (κ1) is 21.8. The standard InChI is InChI=1S/C24H23N5O2S/c1-4-20(30)29-19-8-6-5-7-18(19)21-22(26-24(28-27-21)32-14-15(2)3)31-23(29)17-11-9-16(13-25)10-12-17/h5-12,15,23H,4,14H2,1-3H3/t23-/m0/s1. The summed E-state index contributed by atoms with van der Waals surface area (Å²) in [6.45, 7) is 6.08. The number of anilines is 1.